The Morgan fingerprint density at radius 2 is 1.79 bits per heavy atom. The van der Waals surface area contributed by atoms with Crippen LogP contribution < -0.4 is 14.8 Å². The van der Waals surface area contributed by atoms with Gasteiger partial charge in [0.25, 0.3) is 0 Å². The first-order valence-electron chi connectivity index (χ1n) is 7.92. The summed E-state index contributed by atoms with van der Waals surface area (Å²) in [6.07, 6.45) is 3.70. The van der Waals surface area contributed by atoms with Gasteiger partial charge in [-0.15, -0.1) is 0 Å². The van der Waals surface area contributed by atoms with Crippen molar-refractivity contribution in [2.75, 3.05) is 19.5 Å². The Morgan fingerprint density at radius 3 is 2.54 bits per heavy atom. The van der Waals surface area contributed by atoms with E-state index in [2.05, 4.69) is 33.4 Å². The number of nitrogens with one attached hydrogen (secondary N) is 1. The first kappa shape index (κ1) is 16.8. The lowest BCUT2D eigenvalue weighted by atomic mass is 10.1. The van der Waals surface area contributed by atoms with E-state index in [-0.39, 0.29) is 12.3 Å². The van der Waals surface area contributed by atoms with E-state index in [0.717, 1.165) is 28.6 Å². The Kier molecular flexibility index (Phi) is 5.09. The Hall–Kier alpha value is -2.01. The van der Waals surface area contributed by atoms with Crippen molar-refractivity contribution in [2.45, 2.75) is 25.7 Å². The van der Waals surface area contributed by atoms with Crippen LogP contribution in [0.3, 0.4) is 0 Å². The largest absolute Gasteiger partial charge is 0.493 e. The van der Waals surface area contributed by atoms with E-state index in [9.17, 15) is 4.79 Å². The maximum absolute atomic E-state index is 12.4. The van der Waals surface area contributed by atoms with E-state index in [0.29, 0.717) is 11.5 Å². The van der Waals surface area contributed by atoms with Gasteiger partial charge in [0.05, 0.1) is 20.6 Å². The molecule has 0 fully saturated rings. The van der Waals surface area contributed by atoms with Gasteiger partial charge in [0.15, 0.2) is 11.5 Å². The summed E-state index contributed by atoms with van der Waals surface area (Å²) in [6, 6.07) is 9.82. The Balaban J connectivity index is 1.73. The fourth-order valence-electron chi connectivity index (χ4n) is 3.06. The number of carbonyl (C=O) groups excluding carboxylic acids is 1. The van der Waals surface area contributed by atoms with E-state index in [1.807, 2.05) is 18.2 Å². The van der Waals surface area contributed by atoms with Crippen LogP contribution in [0.1, 0.15) is 23.1 Å². The van der Waals surface area contributed by atoms with Crippen LogP contribution in [0.25, 0.3) is 0 Å². The monoisotopic (exact) mass is 389 g/mol. The molecular formula is C19H20BrNO3. The smallest absolute Gasteiger partial charge is 0.228 e. The maximum Gasteiger partial charge on any atom is 0.228 e. The average molecular weight is 390 g/mol. The molecule has 0 aromatic heterocycles. The van der Waals surface area contributed by atoms with Gasteiger partial charge in [-0.1, -0.05) is 22.0 Å². The predicted octanol–water partition coefficient (Wildman–Crippen LogP) is 4.14. The molecule has 0 radical (unpaired) electrons. The van der Waals surface area contributed by atoms with Crippen LogP contribution in [0.5, 0.6) is 11.5 Å². The SMILES string of the molecule is COc1cc(Br)c(CC(=O)Nc2ccc3c(c2)CCC3)cc1OC. The second kappa shape index (κ2) is 7.26. The number of aryl methyl sites for hydroxylation is 2. The zero-order chi connectivity index (χ0) is 17.1. The number of halogens is 1. The van der Waals surface area contributed by atoms with Crippen LogP contribution >= 0.6 is 15.9 Å². The highest BCUT2D eigenvalue weighted by molar-refractivity contribution is 9.10. The molecular weight excluding hydrogens is 370 g/mol. The second-order valence-corrected chi connectivity index (χ2v) is 6.71. The molecule has 2 aromatic carbocycles. The van der Waals surface area contributed by atoms with E-state index in [1.54, 1.807) is 14.2 Å². The number of hydrogen-bond acceptors (Lipinski definition) is 3. The van der Waals surface area contributed by atoms with Gasteiger partial charge in [-0.2, -0.15) is 0 Å². The molecule has 24 heavy (non-hydrogen) atoms. The third-order valence-electron chi connectivity index (χ3n) is 4.29. The van der Waals surface area contributed by atoms with Crippen LogP contribution in [-0.4, -0.2) is 20.1 Å². The van der Waals surface area contributed by atoms with E-state index < -0.39 is 0 Å². The molecule has 1 aliphatic rings. The lowest BCUT2D eigenvalue weighted by Gasteiger charge is -2.12. The van der Waals surface area contributed by atoms with Crippen molar-refractivity contribution in [3.8, 4) is 11.5 Å². The highest BCUT2D eigenvalue weighted by Crippen LogP contribution is 2.33. The molecule has 1 amide bonds. The molecule has 1 N–H and O–H groups in total. The Morgan fingerprint density at radius 1 is 1.08 bits per heavy atom. The van der Waals surface area contributed by atoms with Crippen molar-refractivity contribution in [1.82, 2.24) is 0 Å². The molecule has 0 heterocycles. The molecule has 3 rings (SSSR count). The van der Waals surface area contributed by atoms with Crippen molar-refractivity contribution < 1.29 is 14.3 Å². The number of rotatable bonds is 5. The highest BCUT2D eigenvalue weighted by atomic mass is 79.9. The number of carbonyl (C=O) groups is 1. The molecule has 5 heteroatoms. The van der Waals surface area contributed by atoms with Crippen LogP contribution in [0.4, 0.5) is 5.69 Å². The fourth-order valence-corrected chi connectivity index (χ4v) is 3.52. The molecule has 1 aliphatic carbocycles. The zero-order valence-corrected chi connectivity index (χ0v) is 15.4. The van der Waals surface area contributed by atoms with Gasteiger partial charge in [0.1, 0.15) is 0 Å². The Bertz CT molecular complexity index is 773. The molecule has 0 bridgehead atoms. The third kappa shape index (κ3) is 3.56. The van der Waals surface area contributed by atoms with Gasteiger partial charge >= 0.3 is 0 Å². The van der Waals surface area contributed by atoms with Crippen LogP contribution in [-0.2, 0) is 24.1 Å². The van der Waals surface area contributed by atoms with Gasteiger partial charge in [-0.25, -0.2) is 0 Å². The summed E-state index contributed by atoms with van der Waals surface area (Å²) < 4.78 is 11.4. The predicted molar refractivity (Wildman–Crippen MR) is 98.0 cm³/mol. The number of methoxy groups -OCH3 is 2. The first-order chi connectivity index (χ1) is 11.6. The molecule has 0 atom stereocenters. The van der Waals surface area contributed by atoms with Crippen molar-refractivity contribution in [1.29, 1.82) is 0 Å². The molecule has 4 nitrogen and oxygen atoms in total. The summed E-state index contributed by atoms with van der Waals surface area (Å²) in [6.45, 7) is 0. The lowest BCUT2D eigenvalue weighted by molar-refractivity contribution is -0.115. The molecule has 0 spiro atoms. The summed E-state index contributed by atoms with van der Waals surface area (Å²) in [5, 5.41) is 2.98. The molecule has 126 valence electrons. The summed E-state index contributed by atoms with van der Waals surface area (Å²) in [5.41, 5.74) is 4.46. The van der Waals surface area contributed by atoms with Crippen LogP contribution in [0.15, 0.2) is 34.8 Å². The van der Waals surface area contributed by atoms with Crippen LogP contribution in [0, 0.1) is 0 Å². The van der Waals surface area contributed by atoms with Crippen molar-refractivity contribution in [3.63, 3.8) is 0 Å². The number of anilines is 1. The molecule has 0 saturated carbocycles. The van der Waals surface area contributed by atoms with Gasteiger partial charge in [0, 0.05) is 10.2 Å². The van der Waals surface area contributed by atoms with Gasteiger partial charge < -0.3 is 14.8 Å². The minimum absolute atomic E-state index is 0.0548. The normalized spacial score (nSPS) is 12.6. The minimum Gasteiger partial charge on any atom is -0.493 e. The summed E-state index contributed by atoms with van der Waals surface area (Å²) >= 11 is 3.49. The minimum atomic E-state index is -0.0548. The number of ether oxygens (including phenoxy) is 2. The summed E-state index contributed by atoms with van der Waals surface area (Å²) in [7, 11) is 3.17. The van der Waals surface area contributed by atoms with E-state index in [4.69, 9.17) is 9.47 Å². The van der Waals surface area contributed by atoms with Crippen LogP contribution in [0.2, 0.25) is 0 Å². The number of fused-ring (bicyclic) bond motifs is 1. The van der Waals surface area contributed by atoms with Crippen molar-refractivity contribution in [3.05, 3.63) is 51.5 Å². The second-order valence-electron chi connectivity index (χ2n) is 5.86. The fraction of sp³-hybridized carbons (Fsp3) is 0.316. The quantitative estimate of drug-likeness (QED) is 0.835. The zero-order valence-electron chi connectivity index (χ0n) is 13.8. The number of hydrogen-bond donors (Lipinski definition) is 1. The van der Waals surface area contributed by atoms with Gasteiger partial charge in [0.2, 0.25) is 5.91 Å². The Labute approximate surface area is 150 Å². The standard InChI is InChI=1S/C19H20BrNO3/c1-23-17-9-14(16(20)11-18(17)24-2)10-19(22)21-15-7-6-12-4-3-5-13(12)8-15/h6-9,11H,3-5,10H2,1-2H3,(H,21,22). The molecule has 2 aromatic rings. The van der Waals surface area contributed by atoms with Crippen molar-refractivity contribution >= 4 is 27.5 Å². The van der Waals surface area contributed by atoms with Gasteiger partial charge in [-0.3, -0.25) is 4.79 Å². The topological polar surface area (TPSA) is 47.6 Å². The van der Waals surface area contributed by atoms with E-state index in [1.165, 1.54) is 17.5 Å². The van der Waals surface area contributed by atoms with E-state index >= 15 is 0 Å². The molecule has 0 saturated heterocycles. The summed E-state index contributed by atoms with van der Waals surface area (Å²) in [4.78, 5) is 12.4. The molecule has 0 unspecified atom stereocenters. The first-order valence-corrected chi connectivity index (χ1v) is 8.72. The highest BCUT2D eigenvalue weighted by Gasteiger charge is 2.14. The maximum atomic E-state index is 12.4. The van der Waals surface area contributed by atoms with Crippen molar-refractivity contribution in [2.24, 2.45) is 0 Å². The lowest BCUT2D eigenvalue weighted by Crippen LogP contribution is -2.15. The number of amides is 1. The number of benzene rings is 2. The summed E-state index contributed by atoms with van der Waals surface area (Å²) in [5.74, 6) is 1.19. The van der Waals surface area contributed by atoms with Gasteiger partial charge in [-0.05, 0) is 60.2 Å². The third-order valence-corrected chi connectivity index (χ3v) is 5.02. The molecule has 0 aliphatic heterocycles. The average Bonchev–Trinajstić information content (AvgIpc) is 3.03.